The van der Waals surface area contributed by atoms with Crippen molar-refractivity contribution in [3.05, 3.63) is 87.4 Å². The van der Waals surface area contributed by atoms with Crippen molar-refractivity contribution in [2.24, 2.45) is 0 Å². The molecule has 0 radical (unpaired) electrons. The summed E-state index contributed by atoms with van der Waals surface area (Å²) < 4.78 is 11.4. The minimum Gasteiger partial charge on any atom is -0.422 e. The fourth-order valence-electron chi connectivity index (χ4n) is 3.32. The number of oxazole rings is 1. The van der Waals surface area contributed by atoms with Gasteiger partial charge < -0.3 is 19.2 Å². The molecular weight excluding hydrogens is 374 g/mol. The Hall–Kier alpha value is -3.23. The topological polar surface area (TPSA) is 102 Å². The van der Waals surface area contributed by atoms with Gasteiger partial charge in [-0.05, 0) is 23.3 Å². The summed E-state index contributed by atoms with van der Waals surface area (Å²) in [4.78, 5) is 17.0. The van der Waals surface area contributed by atoms with E-state index < -0.39 is 11.0 Å². The maximum atomic E-state index is 10.8. The van der Waals surface area contributed by atoms with Crippen LogP contribution < -0.4 is 4.90 Å². The van der Waals surface area contributed by atoms with Crippen LogP contribution in [0.3, 0.4) is 0 Å². The van der Waals surface area contributed by atoms with E-state index in [-0.39, 0.29) is 11.6 Å². The highest BCUT2D eigenvalue weighted by molar-refractivity contribution is 5.45. The first-order valence-electron chi connectivity index (χ1n) is 9.40. The molecule has 1 aliphatic rings. The monoisotopic (exact) mass is 395 g/mol. The number of benzene rings is 2. The molecule has 0 aliphatic carbocycles. The van der Waals surface area contributed by atoms with Crippen LogP contribution in [-0.4, -0.2) is 41.3 Å². The van der Waals surface area contributed by atoms with E-state index in [4.69, 9.17) is 9.15 Å². The summed E-state index contributed by atoms with van der Waals surface area (Å²) in [7, 11) is 0. The fourth-order valence-corrected chi connectivity index (χ4v) is 3.32. The summed E-state index contributed by atoms with van der Waals surface area (Å²) in [6, 6.07) is 15.7. The van der Waals surface area contributed by atoms with Crippen molar-refractivity contribution in [1.82, 2.24) is 4.98 Å². The van der Waals surface area contributed by atoms with E-state index in [9.17, 15) is 15.2 Å². The highest BCUT2D eigenvalue weighted by Gasteiger charge is 2.25. The Morgan fingerprint density at radius 3 is 2.45 bits per heavy atom. The van der Waals surface area contributed by atoms with Crippen molar-refractivity contribution < 1.29 is 19.2 Å². The molecule has 2 heterocycles. The number of nitro benzene ring substituents is 1. The molecule has 150 valence electrons. The fraction of sp³-hybridized carbons (Fsp3) is 0.286. The molecule has 1 N–H and O–H groups in total. The predicted octanol–water partition coefficient (Wildman–Crippen LogP) is 3.09. The third-order valence-electron chi connectivity index (χ3n) is 4.86. The summed E-state index contributed by atoms with van der Waals surface area (Å²) in [6.45, 7) is 2.57. The lowest BCUT2D eigenvalue weighted by molar-refractivity contribution is -0.384. The molecule has 8 nitrogen and oxygen atoms in total. The zero-order valence-corrected chi connectivity index (χ0v) is 15.7. The SMILES string of the molecule is O=[N+]([O-])c1ccc([C@H](O)c2nc(Cc3ccccc3)c(N3CCOCC3)o2)cc1. The first kappa shape index (κ1) is 19.1. The second kappa shape index (κ2) is 8.42. The number of ether oxygens (including phenoxy) is 1. The van der Waals surface area contributed by atoms with Gasteiger partial charge in [0.25, 0.3) is 5.69 Å². The van der Waals surface area contributed by atoms with Crippen molar-refractivity contribution in [3.8, 4) is 0 Å². The number of hydrogen-bond acceptors (Lipinski definition) is 7. The largest absolute Gasteiger partial charge is 0.422 e. The van der Waals surface area contributed by atoms with Crippen LogP contribution in [0.25, 0.3) is 0 Å². The Morgan fingerprint density at radius 1 is 1.10 bits per heavy atom. The van der Waals surface area contributed by atoms with Crippen molar-refractivity contribution in [3.63, 3.8) is 0 Å². The summed E-state index contributed by atoms with van der Waals surface area (Å²) >= 11 is 0. The zero-order chi connectivity index (χ0) is 20.2. The number of anilines is 1. The van der Waals surface area contributed by atoms with E-state index in [1.165, 1.54) is 24.3 Å². The van der Waals surface area contributed by atoms with E-state index >= 15 is 0 Å². The minimum atomic E-state index is -1.11. The molecule has 1 saturated heterocycles. The Morgan fingerprint density at radius 2 is 1.79 bits per heavy atom. The van der Waals surface area contributed by atoms with Crippen LogP contribution in [-0.2, 0) is 11.2 Å². The van der Waals surface area contributed by atoms with Gasteiger partial charge in [-0.15, -0.1) is 0 Å². The first-order valence-corrected chi connectivity index (χ1v) is 9.40. The molecule has 0 amide bonds. The summed E-state index contributed by atoms with van der Waals surface area (Å²) in [5.41, 5.74) is 2.28. The van der Waals surface area contributed by atoms with E-state index in [1.807, 2.05) is 30.3 Å². The third-order valence-corrected chi connectivity index (χ3v) is 4.86. The number of aromatic nitrogens is 1. The first-order chi connectivity index (χ1) is 14.1. The van der Waals surface area contributed by atoms with Crippen LogP contribution in [0.5, 0.6) is 0 Å². The van der Waals surface area contributed by atoms with Gasteiger partial charge in [0.15, 0.2) is 6.10 Å². The number of aliphatic hydroxyl groups is 1. The van der Waals surface area contributed by atoms with Crippen LogP contribution in [0.4, 0.5) is 11.6 Å². The van der Waals surface area contributed by atoms with Gasteiger partial charge in [0, 0.05) is 31.6 Å². The van der Waals surface area contributed by atoms with Crippen molar-refractivity contribution >= 4 is 11.6 Å². The molecule has 1 fully saturated rings. The van der Waals surface area contributed by atoms with Gasteiger partial charge >= 0.3 is 0 Å². The molecule has 0 unspecified atom stereocenters. The average Bonchev–Trinajstić information content (AvgIpc) is 3.18. The lowest BCUT2D eigenvalue weighted by Crippen LogP contribution is -2.36. The molecule has 0 spiro atoms. The van der Waals surface area contributed by atoms with Gasteiger partial charge in [-0.1, -0.05) is 30.3 Å². The van der Waals surface area contributed by atoms with Crippen molar-refractivity contribution in [2.45, 2.75) is 12.5 Å². The third kappa shape index (κ3) is 4.28. The molecule has 1 atom stereocenters. The van der Waals surface area contributed by atoms with Gasteiger partial charge in [0.2, 0.25) is 11.8 Å². The summed E-state index contributed by atoms with van der Waals surface area (Å²) in [5.74, 6) is 0.805. The molecule has 0 saturated carbocycles. The molecule has 4 rings (SSSR count). The summed E-state index contributed by atoms with van der Waals surface area (Å²) in [6.07, 6.45) is -0.538. The lowest BCUT2D eigenvalue weighted by Gasteiger charge is -2.26. The number of nitro groups is 1. The average molecular weight is 395 g/mol. The summed E-state index contributed by atoms with van der Waals surface area (Å²) in [5, 5.41) is 21.6. The molecule has 8 heteroatoms. The predicted molar refractivity (Wildman–Crippen MR) is 106 cm³/mol. The second-order valence-electron chi connectivity index (χ2n) is 6.82. The van der Waals surface area contributed by atoms with E-state index in [1.54, 1.807) is 0 Å². The lowest BCUT2D eigenvalue weighted by atomic mass is 10.1. The van der Waals surface area contributed by atoms with Crippen molar-refractivity contribution in [2.75, 3.05) is 31.2 Å². The van der Waals surface area contributed by atoms with E-state index in [0.717, 1.165) is 11.3 Å². The van der Waals surface area contributed by atoms with Crippen molar-refractivity contribution in [1.29, 1.82) is 0 Å². The maximum absolute atomic E-state index is 10.8. The molecule has 0 bridgehead atoms. The quantitative estimate of drug-likeness (QED) is 0.505. The minimum absolute atomic E-state index is 0.0351. The molecule has 1 aromatic heterocycles. The second-order valence-corrected chi connectivity index (χ2v) is 6.82. The molecule has 2 aromatic carbocycles. The van der Waals surface area contributed by atoms with Crippen LogP contribution >= 0.6 is 0 Å². The smallest absolute Gasteiger partial charge is 0.269 e. The van der Waals surface area contributed by atoms with E-state index in [2.05, 4.69) is 9.88 Å². The van der Waals surface area contributed by atoms with Gasteiger partial charge in [0.1, 0.15) is 5.69 Å². The molecule has 29 heavy (non-hydrogen) atoms. The van der Waals surface area contributed by atoms with Crippen LogP contribution in [0.15, 0.2) is 59.0 Å². The Labute approximate surface area is 167 Å². The maximum Gasteiger partial charge on any atom is 0.269 e. The number of non-ortho nitro benzene ring substituents is 1. The zero-order valence-electron chi connectivity index (χ0n) is 15.7. The normalized spacial score (nSPS) is 15.3. The van der Waals surface area contributed by atoms with Gasteiger partial charge in [-0.2, -0.15) is 0 Å². The molecule has 1 aliphatic heterocycles. The van der Waals surface area contributed by atoms with Crippen LogP contribution in [0, 0.1) is 10.1 Å². The Kier molecular flexibility index (Phi) is 5.55. The van der Waals surface area contributed by atoms with Gasteiger partial charge in [-0.25, -0.2) is 4.98 Å². The number of morpholine rings is 1. The number of rotatable bonds is 6. The number of nitrogens with zero attached hydrogens (tertiary/aromatic N) is 3. The Balaban J connectivity index is 1.64. The van der Waals surface area contributed by atoms with Crippen LogP contribution in [0.1, 0.15) is 28.8 Å². The number of hydrogen-bond donors (Lipinski definition) is 1. The standard InChI is InChI=1S/C21H21N3O5/c25-19(16-6-8-17(9-7-16)24(26)27)20-22-18(14-15-4-2-1-3-5-15)21(29-20)23-10-12-28-13-11-23/h1-9,19,25H,10-14H2/t19-/m0/s1. The van der Waals surface area contributed by atoms with E-state index in [0.29, 0.717) is 44.2 Å². The van der Waals surface area contributed by atoms with Gasteiger partial charge in [0.05, 0.1) is 18.1 Å². The van der Waals surface area contributed by atoms with Crippen LogP contribution in [0.2, 0.25) is 0 Å². The molecular formula is C21H21N3O5. The van der Waals surface area contributed by atoms with Gasteiger partial charge in [-0.3, -0.25) is 10.1 Å². The number of aliphatic hydroxyl groups excluding tert-OH is 1. The highest BCUT2D eigenvalue weighted by Crippen LogP contribution is 2.31. The molecule has 3 aromatic rings. The highest BCUT2D eigenvalue weighted by atomic mass is 16.6. The Bertz CT molecular complexity index is 966.